The minimum atomic E-state index is 0. The van der Waals surface area contributed by atoms with Crippen molar-refractivity contribution in [2.75, 3.05) is 33.3 Å². The molecule has 0 fully saturated rings. The zero-order valence-corrected chi connectivity index (χ0v) is 20.2. The second-order valence-electron chi connectivity index (χ2n) is 6.23. The molecule has 2 rings (SSSR count). The van der Waals surface area contributed by atoms with Crippen molar-refractivity contribution < 1.29 is 9.47 Å². The van der Waals surface area contributed by atoms with Crippen LogP contribution in [0.3, 0.4) is 0 Å². The second kappa shape index (κ2) is 15.0. The van der Waals surface area contributed by atoms with Gasteiger partial charge in [-0.05, 0) is 48.5 Å². The molecule has 0 radical (unpaired) electrons. The zero-order chi connectivity index (χ0) is 19.6. The van der Waals surface area contributed by atoms with Gasteiger partial charge in [0.05, 0.1) is 12.1 Å². The number of benzene rings is 2. The van der Waals surface area contributed by atoms with Crippen LogP contribution < -0.4 is 14.8 Å². The molecule has 0 atom stereocenters. The van der Waals surface area contributed by atoms with Crippen LogP contribution in [-0.2, 0) is 13.2 Å². The summed E-state index contributed by atoms with van der Waals surface area (Å²) in [5.74, 6) is 1.19. The summed E-state index contributed by atoms with van der Waals surface area (Å²) in [6.07, 6.45) is 0. The number of ether oxygens (including phenoxy) is 2. The number of halogens is 4. The molecule has 0 amide bonds. The molecule has 2 aromatic rings. The molecule has 29 heavy (non-hydrogen) atoms. The maximum Gasteiger partial charge on any atom is 0.180 e. The molecule has 0 aliphatic heterocycles. The molecule has 0 heterocycles. The molecule has 0 unspecified atom stereocenters. The third-order valence-electron chi connectivity index (χ3n) is 4.41. The highest BCUT2D eigenvalue weighted by molar-refractivity contribution is 6.32. The fourth-order valence-corrected chi connectivity index (χ4v) is 3.18. The van der Waals surface area contributed by atoms with Crippen molar-refractivity contribution in [2.24, 2.45) is 0 Å². The van der Waals surface area contributed by atoms with Gasteiger partial charge >= 0.3 is 0 Å². The Morgan fingerprint density at radius 2 is 1.62 bits per heavy atom. The smallest absolute Gasteiger partial charge is 0.180 e. The highest BCUT2D eigenvalue weighted by atomic mass is 35.5. The van der Waals surface area contributed by atoms with Gasteiger partial charge in [0.1, 0.15) is 6.61 Å². The third kappa shape index (κ3) is 9.20. The van der Waals surface area contributed by atoms with Crippen molar-refractivity contribution in [2.45, 2.75) is 27.0 Å². The topological polar surface area (TPSA) is 33.7 Å². The van der Waals surface area contributed by atoms with Crippen LogP contribution in [0.4, 0.5) is 0 Å². The lowest BCUT2D eigenvalue weighted by Gasteiger charge is -2.18. The first-order valence-corrected chi connectivity index (χ1v) is 9.99. The quantitative estimate of drug-likeness (QED) is 0.406. The van der Waals surface area contributed by atoms with E-state index in [0.29, 0.717) is 28.2 Å². The van der Waals surface area contributed by atoms with Crippen LogP contribution >= 0.6 is 48.0 Å². The number of nitrogens with one attached hydrogen (secondary N) is 1. The lowest BCUT2D eigenvalue weighted by atomic mass is 10.2. The standard InChI is InChI=1S/C21H28Cl2N2O2.2ClH/c1-4-25(5-2)11-10-24-14-17-12-19(23)21(20(13-17)26-3)27-15-16-6-8-18(22)9-7-16;;/h6-9,12-13,24H,4-5,10-11,14-15H2,1-3H3;2*1H. The predicted octanol–water partition coefficient (Wildman–Crippen LogP) is 5.86. The van der Waals surface area contributed by atoms with E-state index in [1.807, 2.05) is 36.4 Å². The van der Waals surface area contributed by atoms with Crippen LogP contribution in [-0.4, -0.2) is 38.2 Å². The second-order valence-corrected chi connectivity index (χ2v) is 7.07. The summed E-state index contributed by atoms with van der Waals surface area (Å²) in [7, 11) is 1.62. The third-order valence-corrected chi connectivity index (χ3v) is 4.95. The molecular formula is C21H30Cl4N2O2. The van der Waals surface area contributed by atoms with E-state index in [0.717, 1.165) is 43.9 Å². The monoisotopic (exact) mass is 482 g/mol. The molecule has 8 heteroatoms. The minimum absolute atomic E-state index is 0. The van der Waals surface area contributed by atoms with Gasteiger partial charge in [-0.3, -0.25) is 0 Å². The average Bonchev–Trinajstić information content (AvgIpc) is 2.68. The lowest BCUT2D eigenvalue weighted by Crippen LogP contribution is -2.31. The number of rotatable bonds is 11. The Morgan fingerprint density at radius 3 is 2.21 bits per heavy atom. The average molecular weight is 484 g/mol. The molecule has 164 valence electrons. The molecule has 1 N–H and O–H groups in total. The minimum Gasteiger partial charge on any atom is -0.493 e. The van der Waals surface area contributed by atoms with E-state index in [2.05, 4.69) is 24.1 Å². The Labute approximate surface area is 196 Å². The Kier molecular flexibility index (Phi) is 14.5. The first kappa shape index (κ1) is 28.1. The number of hydrogen-bond donors (Lipinski definition) is 1. The Morgan fingerprint density at radius 1 is 0.966 bits per heavy atom. The Bertz CT molecular complexity index is 711. The van der Waals surface area contributed by atoms with Gasteiger partial charge in [-0.25, -0.2) is 0 Å². The van der Waals surface area contributed by atoms with Crippen molar-refractivity contribution >= 4 is 48.0 Å². The molecule has 2 aromatic carbocycles. The van der Waals surface area contributed by atoms with Gasteiger partial charge in [0, 0.05) is 24.7 Å². The van der Waals surface area contributed by atoms with Crippen LogP contribution in [0, 0.1) is 0 Å². The number of nitrogens with zero attached hydrogens (tertiary/aromatic N) is 1. The highest BCUT2D eigenvalue weighted by Crippen LogP contribution is 2.37. The van der Waals surface area contributed by atoms with Crippen molar-refractivity contribution in [1.29, 1.82) is 0 Å². The molecule has 4 nitrogen and oxygen atoms in total. The molecule has 0 aromatic heterocycles. The Balaban J connectivity index is 0.00000392. The highest BCUT2D eigenvalue weighted by Gasteiger charge is 2.12. The van der Waals surface area contributed by atoms with E-state index in [4.69, 9.17) is 32.7 Å². The van der Waals surface area contributed by atoms with Crippen LogP contribution in [0.1, 0.15) is 25.0 Å². The van der Waals surface area contributed by atoms with E-state index < -0.39 is 0 Å². The van der Waals surface area contributed by atoms with Crippen LogP contribution in [0.25, 0.3) is 0 Å². The van der Waals surface area contributed by atoms with Gasteiger partial charge in [0.25, 0.3) is 0 Å². The molecule has 0 aliphatic carbocycles. The van der Waals surface area contributed by atoms with Gasteiger partial charge < -0.3 is 19.7 Å². The number of likely N-dealkylation sites (N-methyl/N-ethyl adjacent to an activating group) is 1. The summed E-state index contributed by atoms with van der Waals surface area (Å²) >= 11 is 12.4. The summed E-state index contributed by atoms with van der Waals surface area (Å²) in [6.45, 7) is 9.57. The summed E-state index contributed by atoms with van der Waals surface area (Å²) in [5, 5.41) is 4.70. The van der Waals surface area contributed by atoms with Crippen LogP contribution in [0.15, 0.2) is 36.4 Å². The molecule has 0 saturated carbocycles. The fourth-order valence-electron chi connectivity index (χ4n) is 2.76. The van der Waals surface area contributed by atoms with Crippen LogP contribution in [0.5, 0.6) is 11.5 Å². The van der Waals surface area contributed by atoms with E-state index in [1.54, 1.807) is 7.11 Å². The van der Waals surface area contributed by atoms with Crippen molar-refractivity contribution in [1.82, 2.24) is 10.2 Å². The van der Waals surface area contributed by atoms with Gasteiger partial charge in [0.15, 0.2) is 11.5 Å². The lowest BCUT2D eigenvalue weighted by molar-refractivity contribution is 0.284. The largest absolute Gasteiger partial charge is 0.493 e. The molecule has 0 bridgehead atoms. The van der Waals surface area contributed by atoms with Gasteiger partial charge in [-0.2, -0.15) is 0 Å². The summed E-state index contributed by atoms with van der Waals surface area (Å²) in [6, 6.07) is 11.4. The molecular weight excluding hydrogens is 454 g/mol. The normalized spacial score (nSPS) is 10.3. The van der Waals surface area contributed by atoms with E-state index in [-0.39, 0.29) is 24.8 Å². The van der Waals surface area contributed by atoms with E-state index in [9.17, 15) is 0 Å². The first-order chi connectivity index (χ1) is 13.1. The van der Waals surface area contributed by atoms with Crippen molar-refractivity contribution in [3.63, 3.8) is 0 Å². The van der Waals surface area contributed by atoms with Crippen LogP contribution in [0.2, 0.25) is 10.0 Å². The predicted molar refractivity (Wildman–Crippen MR) is 128 cm³/mol. The van der Waals surface area contributed by atoms with Gasteiger partial charge in [0.2, 0.25) is 0 Å². The molecule has 0 spiro atoms. The van der Waals surface area contributed by atoms with Gasteiger partial charge in [-0.1, -0.05) is 49.2 Å². The zero-order valence-electron chi connectivity index (χ0n) is 17.0. The van der Waals surface area contributed by atoms with E-state index in [1.165, 1.54) is 0 Å². The summed E-state index contributed by atoms with van der Waals surface area (Å²) in [5.41, 5.74) is 2.08. The molecule has 0 saturated heterocycles. The number of methoxy groups -OCH3 is 1. The number of hydrogen-bond acceptors (Lipinski definition) is 4. The summed E-state index contributed by atoms with van der Waals surface area (Å²) in [4.78, 5) is 2.38. The molecule has 0 aliphatic rings. The van der Waals surface area contributed by atoms with Crippen molar-refractivity contribution in [3.05, 3.63) is 57.6 Å². The van der Waals surface area contributed by atoms with Crippen molar-refractivity contribution in [3.8, 4) is 11.5 Å². The fraction of sp³-hybridized carbons (Fsp3) is 0.429. The maximum atomic E-state index is 6.45. The van der Waals surface area contributed by atoms with E-state index >= 15 is 0 Å². The Hall–Kier alpha value is -0.880. The first-order valence-electron chi connectivity index (χ1n) is 9.24. The van der Waals surface area contributed by atoms with Gasteiger partial charge in [-0.15, -0.1) is 24.8 Å². The SMILES string of the molecule is CCN(CC)CCNCc1cc(Cl)c(OCc2ccc(Cl)cc2)c(OC)c1.Cl.Cl. The maximum absolute atomic E-state index is 6.45. The summed E-state index contributed by atoms with van der Waals surface area (Å²) < 4.78 is 11.4.